The molecule has 3 aromatic rings. The summed E-state index contributed by atoms with van der Waals surface area (Å²) >= 11 is 0. The van der Waals surface area contributed by atoms with Crippen LogP contribution in [0.1, 0.15) is 35.1 Å². The van der Waals surface area contributed by atoms with Crippen LogP contribution in [0, 0.1) is 11.6 Å². The molecular formula is C20H16F5N3O2. The Balaban J connectivity index is 2.31. The van der Waals surface area contributed by atoms with E-state index in [1.54, 1.807) is 0 Å². The summed E-state index contributed by atoms with van der Waals surface area (Å²) in [6.07, 6.45) is -2.99. The lowest BCUT2D eigenvalue weighted by Crippen LogP contribution is -2.15. The third-order valence-corrected chi connectivity index (χ3v) is 4.36. The van der Waals surface area contributed by atoms with Gasteiger partial charge >= 0.3 is 6.18 Å². The van der Waals surface area contributed by atoms with Crippen molar-refractivity contribution in [2.75, 3.05) is 7.11 Å². The fourth-order valence-electron chi connectivity index (χ4n) is 3.08. The number of aromatic nitrogens is 3. The maximum absolute atomic E-state index is 14.4. The predicted octanol–water partition coefficient (Wildman–Crippen LogP) is 5.00. The van der Waals surface area contributed by atoms with Crippen molar-refractivity contribution in [1.82, 2.24) is 14.5 Å². The van der Waals surface area contributed by atoms with E-state index >= 15 is 0 Å². The summed E-state index contributed by atoms with van der Waals surface area (Å²) in [7, 11) is 1.15. The highest BCUT2D eigenvalue weighted by atomic mass is 19.4. The number of hydrogen-bond donors (Lipinski definition) is 0. The van der Waals surface area contributed by atoms with Crippen LogP contribution in [-0.2, 0) is 12.6 Å². The molecule has 3 rings (SSSR count). The molecule has 0 saturated carbocycles. The number of pyridine rings is 1. The predicted molar refractivity (Wildman–Crippen MR) is 97.6 cm³/mol. The highest BCUT2D eigenvalue weighted by Crippen LogP contribution is 2.37. The zero-order valence-electron chi connectivity index (χ0n) is 15.9. The number of halogens is 5. The number of alkyl halides is 3. The molecule has 158 valence electrons. The van der Waals surface area contributed by atoms with E-state index in [9.17, 15) is 26.7 Å². The van der Waals surface area contributed by atoms with Crippen LogP contribution in [0.2, 0.25) is 0 Å². The zero-order chi connectivity index (χ0) is 22.1. The Morgan fingerprint density at radius 1 is 1.17 bits per heavy atom. The number of aldehydes is 1. The lowest BCUT2D eigenvalue weighted by molar-refractivity contribution is -0.142. The number of methoxy groups -OCH3 is 1. The summed E-state index contributed by atoms with van der Waals surface area (Å²) in [4.78, 5) is 18.7. The van der Waals surface area contributed by atoms with Crippen molar-refractivity contribution in [3.63, 3.8) is 0 Å². The van der Waals surface area contributed by atoms with Gasteiger partial charge in [-0.25, -0.2) is 18.7 Å². The van der Waals surface area contributed by atoms with Gasteiger partial charge in [-0.15, -0.1) is 0 Å². The molecule has 10 heteroatoms. The smallest absolute Gasteiger partial charge is 0.434 e. The average molecular weight is 425 g/mol. The summed E-state index contributed by atoms with van der Waals surface area (Å²) < 4.78 is 75.1. The summed E-state index contributed by atoms with van der Waals surface area (Å²) in [6, 6.07) is 4.64. The first-order valence-electron chi connectivity index (χ1n) is 8.85. The highest BCUT2D eigenvalue weighted by molar-refractivity contribution is 5.77. The van der Waals surface area contributed by atoms with Gasteiger partial charge in [0.15, 0.2) is 17.8 Å². The molecule has 5 nitrogen and oxygen atoms in total. The van der Waals surface area contributed by atoms with Crippen LogP contribution in [0.4, 0.5) is 22.0 Å². The van der Waals surface area contributed by atoms with Crippen molar-refractivity contribution in [1.29, 1.82) is 0 Å². The van der Waals surface area contributed by atoms with Gasteiger partial charge in [0.2, 0.25) is 5.88 Å². The lowest BCUT2D eigenvalue weighted by atomic mass is 10.1. The van der Waals surface area contributed by atoms with Crippen LogP contribution in [-0.4, -0.2) is 27.9 Å². The number of imidazole rings is 1. The molecule has 2 aromatic heterocycles. The summed E-state index contributed by atoms with van der Waals surface area (Å²) in [6.45, 7) is 1.86. The van der Waals surface area contributed by atoms with E-state index in [2.05, 4.69) is 14.7 Å². The fraction of sp³-hybridized carbons (Fsp3) is 0.250. The normalized spacial score (nSPS) is 11.6. The van der Waals surface area contributed by atoms with Gasteiger partial charge in [0.05, 0.1) is 19.0 Å². The Kier molecular flexibility index (Phi) is 5.86. The van der Waals surface area contributed by atoms with Gasteiger partial charge in [0, 0.05) is 11.6 Å². The second-order valence-corrected chi connectivity index (χ2v) is 6.36. The molecule has 0 atom stereocenters. The summed E-state index contributed by atoms with van der Waals surface area (Å²) in [5, 5.41) is 0. The van der Waals surface area contributed by atoms with Crippen molar-refractivity contribution in [2.45, 2.75) is 25.9 Å². The van der Waals surface area contributed by atoms with E-state index in [1.165, 1.54) is 12.1 Å². The molecule has 0 saturated heterocycles. The third-order valence-electron chi connectivity index (χ3n) is 4.36. The monoisotopic (exact) mass is 425 g/mol. The number of hydrogen-bond acceptors (Lipinski definition) is 4. The summed E-state index contributed by atoms with van der Waals surface area (Å²) in [5.74, 6) is -2.43. The van der Waals surface area contributed by atoms with Crippen molar-refractivity contribution in [2.24, 2.45) is 0 Å². The molecule has 0 N–H and O–H groups in total. The maximum atomic E-state index is 14.4. The standard InChI is InChI=1S/C20H16F5N3O2/c1-3-4-11-5-6-12(7-14(11)21)18-27-16(10-29)17(20(23,24)25)28(18)13-8-15(22)19(30-2)26-9-13/h5-10H,3-4H2,1-2H3. The van der Waals surface area contributed by atoms with Gasteiger partial charge in [0.25, 0.3) is 0 Å². The molecule has 0 bridgehead atoms. The lowest BCUT2D eigenvalue weighted by Gasteiger charge is -2.15. The van der Waals surface area contributed by atoms with E-state index in [-0.39, 0.29) is 23.4 Å². The highest BCUT2D eigenvalue weighted by Gasteiger charge is 2.40. The van der Waals surface area contributed by atoms with Gasteiger partial charge in [-0.2, -0.15) is 13.2 Å². The Morgan fingerprint density at radius 3 is 2.43 bits per heavy atom. The minimum Gasteiger partial charge on any atom is -0.479 e. The minimum absolute atomic E-state index is 0.0119. The summed E-state index contributed by atoms with van der Waals surface area (Å²) in [5.41, 5.74) is -2.30. The van der Waals surface area contributed by atoms with Crippen LogP contribution in [0.25, 0.3) is 17.1 Å². The van der Waals surface area contributed by atoms with Gasteiger partial charge in [-0.1, -0.05) is 25.5 Å². The van der Waals surface area contributed by atoms with E-state index < -0.39 is 35.1 Å². The number of ether oxygens (including phenoxy) is 1. The molecule has 0 aliphatic carbocycles. The van der Waals surface area contributed by atoms with Gasteiger partial charge in [-0.3, -0.25) is 9.36 Å². The Labute approximate surface area is 168 Å². The van der Waals surface area contributed by atoms with Crippen LogP contribution in [0.5, 0.6) is 5.88 Å². The van der Waals surface area contributed by atoms with Crippen LogP contribution in [0.3, 0.4) is 0 Å². The first-order valence-corrected chi connectivity index (χ1v) is 8.85. The second kappa shape index (κ2) is 8.21. The first-order chi connectivity index (χ1) is 14.2. The maximum Gasteiger partial charge on any atom is 0.434 e. The van der Waals surface area contributed by atoms with E-state index in [4.69, 9.17) is 0 Å². The molecule has 30 heavy (non-hydrogen) atoms. The first kappa shape index (κ1) is 21.4. The molecule has 0 aliphatic heterocycles. The number of benzene rings is 1. The molecule has 0 fully saturated rings. The van der Waals surface area contributed by atoms with Crippen LogP contribution in [0.15, 0.2) is 30.5 Å². The molecule has 2 heterocycles. The molecule has 0 radical (unpaired) electrons. The number of aryl methyl sites for hydroxylation is 1. The van der Waals surface area contributed by atoms with Gasteiger partial charge in [-0.05, 0) is 18.1 Å². The third kappa shape index (κ3) is 3.89. The van der Waals surface area contributed by atoms with Crippen LogP contribution >= 0.6 is 0 Å². The van der Waals surface area contributed by atoms with Crippen molar-refractivity contribution < 1.29 is 31.5 Å². The average Bonchev–Trinajstić information content (AvgIpc) is 3.10. The molecule has 0 spiro atoms. The Morgan fingerprint density at radius 2 is 1.90 bits per heavy atom. The van der Waals surface area contributed by atoms with Crippen molar-refractivity contribution in [3.05, 3.63) is 59.0 Å². The Bertz CT molecular complexity index is 1090. The largest absolute Gasteiger partial charge is 0.479 e. The second-order valence-electron chi connectivity index (χ2n) is 6.36. The molecule has 1 aromatic carbocycles. The number of nitrogens with zero attached hydrogens (tertiary/aromatic N) is 3. The molecule has 0 aliphatic rings. The van der Waals surface area contributed by atoms with E-state index in [1.807, 2.05) is 6.92 Å². The molecule has 0 unspecified atom stereocenters. The van der Waals surface area contributed by atoms with Gasteiger partial charge < -0.3 is 4.74 Å². The molecule has 0 amide bonds. The molecular weight excluding hydrogens is 409 g/mol. The van der Waals surface area contributed by atoms with Crippen molar-refractivity contribution >= 4 is 6.29 Å². The number of rotatable bonds is 6. The van der Waals surface area contributed by atoms with Crippen molar-refractivity contribution in [3.8, 4) is 23.0 Å². The van der Waals surface area contributed by atoms with Gasteiger partial charge in [0.1, 0.15) is 17.3 Å². The minimum atomic E-state index is -5.00. The fourth-order valence-corrected chi connectivity index (χ4v) is 3.08. The Hall–Kier alpha value is -3.30. The quantitative estimate of drug-likeness (QED) is 0.412. The number of carbonyl (C=O) groups excluding carboxylic acids is 1. The zero-order valence-corrected chi connectivity index (χ0v) is 15.9. The van der Waals surface area contributed by atoms with E-state index in [0.29, 0.717) is 23.0 Å². The van der Waals surface area contributed by atoms with Crippen LogP contribution < -0.4 is 4.74 Å². The SMILES string of the molecule is CCCc1ccc(-c2nc(C=O)c(C(F)(F)F)n2-c2cnc(OC)c(F)c2)cc1F. The van der Waals surface area contributed by atoms with E-state index in [0.717, 1.165) is 25.4 Å². The number of carbonyl (C=O) groups is 1. The topological polar surface area (TPSA) is 57.0 Å².